The second-order valence-corrected chi connectivity index (χ2v) is 4.86. The maximum absolute atomic E-state index is 13.3. The van der Waals surface area contributed by atoms with Gasteiger partial charge in [0.15, 0.2) is 0 Å². The van der Waals surface area contributed by atoms with Crippen molar-refractivity contribution in [2.75, 3.05) is 0 Å². The third-order valence-electron chi connectivity index (χ3n) is 3.51. The van der Waals surface area contributed by atoms with Crippen LogP contribution in [0.4, 0.5) is 4.39 Å². The Bertz CT molecular complexity index is 765. The molecule has 3 aromatic rings. The van der Waals surface area contributed by atoms with Crippen molar-refractivity contribution in [3.63, 3.8) is 0 Å². The van der Waals surface area contributed by atoms with Crippen LogP contribution in [0, 0.1) is 12.7 Å². The Kier molecular flexibility index (Phi) is 3.20. The summed E-state index contributed by atoms with van der Waals surface area (Å²) in [5, 5.41) is 12.5. The Morgan fingerprint density at radius 3 is 2.80 bits per heavy atom. The van der Waals surface area contributed by atoms with Crippen LogP contribution >= 0.6 is 0 Å². The number of aliphatic hydroxyl groups is 1. The molecule has 2 aromatic carbocycles. The molecular weight excluding hydrogens is 253 g/mol. The lowest BCUT2D eigenvalue weighted by atomic mass is 9.96. The van der Waals surface area contributed by atoms with E-state index in [2.05, 4.69) is 4.98 Å². The van der Waals surface area contributed by atoms with Crippen LogP contribution in [0.15, 0.2) is 54.9 Å². The van der Waals surface area contributed by atoms with Crippen LogP contribution in [0.1, 0.15) is 22.8 Å². The largest absolute Gasteiger partial charge is 0.384 e. The van der Waals surface area contributed by atoms with Gasteiger partial charge in [-0.25, -0.2) is 4.39 Å². The van der Waals surface area contributed by atoms with Gasteiger partial charge in [0.05, 0.1) is 0 Å². The van der Waals surface area contributed by atoms with Gasteiger partial charge < -0.3 is 5.11 Å². The third-order valence-corrected chi connectivity index (χ3v) is 3.51. The summed E-state index contributed by atoms with van der Waals surface area (Å²) in [5.41, 5.74) is 1.99. The van der Waals surface area contributed by atoms with E-state index in [0.29, 0.717) is 11.1 Å². The molecule has 3 rings (SSSR count). The van der Waals surface area contributed by atoms with Gasteiger partial charge in [-0.05, 0) is 41.1 Å². The SMILES string of the molecule is Cc1cc(C(O)c2cccc3ccncc23)ccc1F. The highest BCUT2D eigenvalue weighted by atomic mass is 19.1. The number of aryl methyl sites for hydroxylation is 1. The van der Waals surface area contributed by atoms with Crippen molar-refractivity contribution >= 4 is 10.8 Å². The number of hydrogen-bond donors (Lipinski definition) is 1. The van der Waals surface area contributed by atoms with E-state index in [1.165, 1.54) is 6.07 Å². The number of benzene rings is 2. The zero-order valence-corrected chi connectivity index (χ0v) is 11.0. The molecule has 1 atom stereocenters. The monoisotopic (exact) mass is 267 g/mol. The fourth-order valence-corrected chi connectivity index (χ4v) is 2.39. The average molecular weight is 267 g/mol. The molecule has 1 aromatic heterocycles. The minimum Gasteiger partial charge on any atom is -0.384 e. The highest BCUT2D eigenvalue weighted by Crippen LogP contribution is 2.29. The van der Waals surface area contributed by atoms with Gasteiger partial charge in [-0.2, -0.15) is 0 Å². The van der Waals surface area contributed by atoms with Gasteiger partial charge in [0, 0.05) is 17.8 Å². The van der Waals surface area contributed by atoms with Crippen LogP contribution in [0.3, 0.4) is 0 Å². The molecule has 1 N–H and O–H groups in total. The van der Waals surface area contributed by atoms with E-state index in [0.717, 1.165) is 16.3 Å². The molecule has 0 amide bonds. The van der Waals surface area contributed by atoms with E-state index >= 15 is 0 Å². The summed E-state index contributed by atoms with van der Waals surface area (Å²) < 4.78 is 13.3. The molecule has 20 heavy (non-hydrogen) atoms. The molecule has 0 aliphatic rings. The molecule has 2 nitrogen and oxygen atoms in total. The van der Waals surface area contributed by atoms with Crippen molar-refractivity contribution < 1.29 is 9.50 Å². The first kappa shape index (κ1) is 12.8. The molecule has 3 heteroatoms. The van der Waals surface area contributed by atoms with Crippen LogP contribution in [0.5, 0.6) is 0 Å². The first-order valence-electron chi connectivity index (χ1n) is 6.43. The third kappa shape index (κ3) is 2.17. The molecular formula is C17H14FNO. The number of halogens is 1. The van der Waals surface area contributed by atoms with Crippen LogP contribution in [0.2, 0.25) is 0 Å². The second-order valence-electron chi connectivity index (χ2n) is 4.86. The quantitative estimate of drug-likeness (QED) is 0.766. The van der Waals surface area contributed by atoms with Gasteiger partial charge in [0.25, 0.3) is 0 Å². The van der Waals surface area contributed by atoms with Gasteiger partial charge in [-0.15, -0.1) is 0 Å². The zero-order valence-electron chi connectivity index (χ0n) is 11.0. The predicted molar refractivity (Wildman–Crippen MR) is 76.9 cm³/mol. The topological polar surface area (TPSA) is 33.1 Å². The van der Waals surface area contributed by atoms with E-state index in [4.69, 9.17) is 0 Å². The summed E-state index contributed by atoms with van der Waals surface area (Å²) in [6.45, 7) is 1.69. The lowest BCUT2D eigenvalue weighted by molar-refractivity contribution is 0.221. The Morgan fingerprint density at radius 2 is 2.00 bits per heavy atom. The molecule has 0 spiro atoms. The Labute approximate surface area is 116 Å². The predicted octanol–water partition coefficient (Wildman–Crippen LogP) is 3.76. The van der Waals surface area contributed by atoms with Crippen molar-refractivity contribution in [1.29, 1.82) is 0 Å². The number of hydrogen-bond acceptors (Lipinski definition) is 2. The van der Waals surface area contributed by atoms with Gasteiger partial charge in [0.1, 0.15) is 11.9 Å². The summed E-state index contributed by atoms with van der Waals surface area (Å²) in [7, 11) is 0. The Morgan fingerprint density at radius 1 is 1.15 bits per heavy atom. The van der Waals surface area contributed by atoms with Crippen LogP contribution in [0.25, 0.3) is 10.8 Å². The molecule has 0 radical (unpaired) electrons. The summed E-state index contributed by atoms with van der Waals surface area (Å²) in [6.07, 6.45) is 2.67. The van der Waals surface area contributed by atoms with Crippen molar-refractivity contribution in [2.45, 2.75) is 13.0 Å². The van der Waals surface area contributed by atoms with Crippen molar-refractivity contribution in [3.8, 4) is 0 Å². The number of fused-ring (bicyclic) bond motifs is 1. The van der Waals surface area contributed by atoms with E-state index < -0.39 is 6.10 Å². The molecule has 1 heterocycles. The number of aromatic nitrogens is 1. The standard InChI is InChI=1S/C17H14FNO/c1-11-9-13(5-6-16(11)18)17(20)14-4-2-3-12-7-8-19-10-15(12)14/h2-10,17,20H,1H3. The van der Waals surface area contributed by atoms with Crippen LogP contribution in [-0.2, 0) is 0 Å². The highest BCUT2D eigenvalue weighted by molar-refractivity contribution is 5.85. The molecule has 100 valence electrons. The second kappa shape index (κ2) is 5.02. The first-order valence-corrected chi connectivity index (χ1v) is 6.43. The first-order chi connectivity index (χ1) is 9.66. The molecule has 0 aliphatic heterocycles. The number of nitrogens with zero attached hydrogens (tertiary/aromatic N) is 1. The molecule has 0 saturated carbocycles. The molecule has 0 bridgehead atoms. The lowest BCUT2D eigenvalue weighted by Crippen LogP contribution is -2.01. The Hall–Kier alpha value is -2.26. The van der Waals surface area contributed by atoms with Gasteiger partial charge in [0.2, 0.25) is 0 Å². The van der Waals surface area contributed by atoms with E-state index in [1.54, 1.807) is 31.5 Å². The average Bonchev–Trinajstić information content (AvgIpc) is 2.49. The van der Waals surface area contributed by atoms with Crippen molar-refractivity contribution in [1.82, 2.24) is 4.98 Å². The van der Waals surface area contributed by atoms with Crippen molar-refractivity contribution in [2.24, 2.45) is 0 Å². The summed E-state index contributed by atoms with van der Waals surface area (Å²) in [6, 6.07) is 12.3. The van der Waals surface area contributed by atoms with E-state index in [1.807, 2.05) is 24.3 Å². The van der Waals surface area contributed by atoms with Gasteiger partial charge in [-0.1, -0.05) is 30.3 Å². The van der Waals surface area contributed by atoms with Crippen molar-refractivity contribution in [3.05, 3.63) is 77.4 Å². The zero-order chi connectivity index (χ0) is 14.1. The van der Waals surface area contributed by atoms with Gasteiger partial charge in [-0.3, -0.25) is 4.98 Å². The Balaban J connectivity index is 2.12. The lowest BCUT2D eigenvalue weighted by Gasteiger charge is -2.14. The van der Waals surface area contributed by atoms with E-state index in [-0.39, 0.29) is 5.82 Å². The fourth-order valence-electron chi connectivity index (χ4n) is 2.39. The normalized spacial score (nSPS) is 12.6. The summed E-state index contributed by atoms with van der Waals surface area (Å²) >= 11 is 0. The summed E-state index contributed by atoms with van der Waals surface area (Å²) in [5.74, 6) is -0.263. The van der Waals surface area contributed by atoms with Gasteiger partial charge >= 0.3 is 0 Å². The minimum atomic E-state index is -0.790. The molecule has 1 unspecified atom stereocenters. The minimum absolute atomic E-state index is 0.263. The molecule has 0 aliphatic carbocycles. The number of pyridine rings is 1. The maximum atomic E-state index is 13.3. The van der Waals surface area contributed by atoms with E-state index in [9.17, 15) is 9.50 Å². The number of aliphatic hydroxyl groups excluding tert-OH is 1. The molecule has 0 fully saturated rings. The summed E-state index contributed by atoms with van der Waals surface area (Å²) in [4.78, 5) is 4.11. The fraction of sp³-hybridized carbons (Fsp3) is 0.118. The highest BCUT2D eigenvalue weighted by Gasteiger charge is 2.14. The maximum Gasteiger partial charge on any atom is 0.126 e. The number of rotatable bonds is 2. The molecule has 0 saturated heterocycles. The smallest absolute Gasteiger partial charge is 0.126 e. The van der Waals surface area contributed by atoms with Crippen LogP contribution < -0.4 is 0 Å². The van der Waals surface area contributed by atoms with Crippen LogP contribution in [-0.4, -0.2) is 10.1 Å².